The molecule has 0 bridgehead atoms. The molecule has 3 rings (SSSR count). The van der Waals surface area contributed by atoms with E-state index in [9.17, 15) is 14.4 Å². The normalized spacial score (nSPS) is 18.3. The first-order chi connectivity index (χ1) is 13.3. The van der Waals surface area contributed by atoms with Crippen molar-refractivity contribution in [1.29, 1.82) is 0 Å². The van der Waals surface area contributed by atoms with E-state index in [0.717, 1.165) is 18.4 Å². The number of aromatic nitrogens is 2. The highest BCUT2D eigenvalue weighted by Crippen LogP contribution is 2.40. The second-order valence-electron chi connectivity index (χ2n) is 8.06. The topological polar surface area (TPSA) is 101 Å². The molecular weight excluding hydrogens is 356 g/mol. The molecule has 1 amide bonds. The van der Waals surface area contributed by atoms with Gasteiger partial charge in [0, 0.05) is 12.5 Å². The van der Waals surface area contributed by atoms with Crippen LogP contribution in [0.15, 0.2) is 39.9 Å². The van der Waals surface area contributed by atoms with Gasteiger partial charge in [-0.3, -0.25) is 19.1 Å². The van der Waals surface area contributed by atoms with Gasteiger partial charge in [0.05, 0.1) is 6.54 Å². The van der Waals surface area contributed by atoms with Crippen molar-refractivity contribution in [3.05, 3.63) is 56.7 Å². The van der Waals surface area contributed by atoms with Crippen molar-refractivity contribution in [3.8, 4) is 0 Å². The fourth-order valence-corrected chi connectivity index (χ4v) is 3.35. The maximum Gasteiger partial charge on any atom is 0.330 e. The van der Waals surface area contributed by atoms with E-state index in [-0.39, 0.29) is 29.9 Å². The number of nitrogens with zero attached hydrogens (tertiary/aromatic N) is 2. The molecule has 1 saturated carbocycles. The lowest BCUT2D eigenvalue weighted by Gasteiger charge is -2.25. The average molecular weight is 384 g/mol. The summed E-state index contributed by atoms with van der Waals surface area (Å²) in [5.74, 6) is 0.533. The zero-order chi connectivity index (χ0) is 20.4. The highest BCUT2D eigenvalue weighted by atomic mass is 16.2. The first-order valence-corrected chi connectivity index (χ1v) is 9.77. The molecule has 2 atom stereocenters. The van der Waals surface area contributed by atoms with Crippen LogP contribution in [0.4, 0.5) is 11.5 Å². The third-order valence-electron chi connectivity index (χ3n) is 5.29. The number of carbonyl (C=O) groups is 1. The van der Waals surface area contributed by atoms with Gasteiger partial charge in [0.2, 0.25) is 5.91 Å². The number of carbonyl (C=O) groups excluding carboxylic acids is 1. The minimum atomic E-state index is -0.614. The quantitative estimate of drug-likeness (QED) is 0.764. The summed E-state index contributed by atoms with van der Waals surface area (Å²) in [6.45, 7) is 6.77. The zero-order valence-corrected chi connectivity index (χ0v) is 16.6. The summed E-state index contributed by atoms with van der Waals surface area (Å²) in [7, 11) is 0. The Morgan fingerprint density at radius 2 is 1.93 bits per heavy atom. The van der Waals surface area contributed by atoms with Crippen LogP contribution < -0.4 is 21.9 Å². The lowest BCUT2D eigenvalue weighted by atomic mass is 10.1. The molecule has 7 heteroatoms. The molecule has 1 aliphatic carbocycles. The van der Waals surface area contributed by atoms with E-state index in [4.69, 9.17) is 5.73 Å². The summed E-state index contributed by atoms with van der Waals surface area (Å²) in [6, 6.07) is 9.39. The Morgan fingerprint density at radius 1 is 1.29 bits per heavy atom. The Labute approximate surface area is 164 Å². The Morgan fingerprint density at radius 3 is 2.50 bits per heavy atom. The molecule has 1 aromatic heterocycles. The minimum absolute atomic E-state index is 0.0306. The molecule has 1 heterocycles. The molecule has 7 nitrogen and oxygen atoms in total. The van der Waals surface area contributed by atoms with Crippen LogP contribution in [0.2, 0.25) is 0 Å². The molecule has 28 heavy (non-hydrogen) atoms. The average Bonchev–Trinajstić information content (AvgIpc) is 3.38. The van der Waals surface area contributed by atoms with Gasteiger partial charge in [-0.1, -0.05) is 51.1 Å². The van der Waals surface area contributed by atoms with Crippen LogP contribution in [-0.4, -0.2) is 22.0 Å². The van der Waals surface area contributed by atoms with Crippen molar-refractivity contribution in [2.75, 3.05) is 17.2 Å². The number of rotatable bonds is 7. The number of H-pyrrole nitrogens is 1. The van der Waals surface area contributed by atoms with Crippen molar-refractivity contribution in [1.82, 2.24) is 9.55 Å². The monoisotopic (exact) mass is 384 g/mol. The van der Waals surface area contributed by atoms with Crippen LogP contribution >= 0.6 is 0 Å². The van der Waals surface area contributed by atoms with Gasteiger partial charge in [0.25, 0.3) is 5.56 Å². The van der Waals surface area contributed by atoms with Crippen LogP contribution in [0.25, 0.3) is 0 Å². The Hall–Kier alpha value is -2.83. The molecule has 1 fully saturated rings. The van der Waals surface area contributed by atoms with Crippen molar-refractivity contribution in [3.63, 3.8) is 0 Å². The maximum absolute atomic E-state index is 13.0. The van der Waals surface area contributed by atoms with E-state index in [0.29, 0.717) is 18.4 Å². The molecule has 2 aromatic rings. The number of hydrogen-bond donors (Lipinski definition) is 2. The Balaban J connectivity index is 2.03. The van der Waals surface area contributed by atoms with Crippen LogP contribution in [0.5, 0.6) is 0 Å². The van der Waals surface area contributed by atoms with E-state index in [1.165, 1.54) is 9.47 Å². The van der Waals surface area contributed by atoms with Crippen molar-refractivity contribution < 1.29 is 4.79 Å². The number of hydrogen-bond acceptors (Lipinski definition) is 4. The van der Waals surface area contributed by atoms with Crippen molar-refractivity contribution in [2.45, 2.75) is 40.2 Å². The van der Waals surface area contributed by atoms with Crippen LogP contribution in [0, 0.1) is 17.8 Å². The van der Waals surface area contributed by atoms with Gasteiger partial charge in [-0.2, -0.15) is 0 Å². The first-order valence-electron chi connectivity index (χ1n) is 9.77. The highest BCUT2D eigenvalue weighted by molar-refractivity contribution is 5.98. The van der Waals surface area contributed by atoms with E-state index >= 15 is 0 Å². The molecule has 0 unspecified atom stereocenters. The molecule has 0 spiro atoms. The lowest BCUT2D eigenvalue weighted by molar-refractivity contribution is -0.120. The fraction of sp³-hybridized carbons (Fsp3) is 0.476. The largest absolute Gasteiger partial charge is 0.383 e. The van der Waals surface area contributed by atoms with Crippen molar-refractivity contribution >= 4 is 17.4 Å². The van der Waals surface area contributed by atoms with Crippen LogP contribution in [-0.2, 0) is 11.3 Å². The van der Waals surface area contributed by atoms with Crippen molar-refractivity contribution in [2.24, 2.45) is 17.8 Å². The predicted octanol–water partition coefficient (Wildman–Crippen LogP) is 2.20. The van der Waals surface area contributed by atoms with Gasteiger partial charge in [-0.15, -0.1) is 0 Å². The molecule has 1 aliphatic rings. The predicted molar refractivity (Wildman–Crippen MR) is 110 cm³/mol. The summed E-state index contributed by atoms with van der Waals surface area (Å²) < 4.78 is 1.32. The summed E-state index contributed by atoms with van der Waals surface area (Å²) in [5, 5.41) is 0. The molecule has 150 valence electrons. The zero-order valence-electron chi connectivity index (χ0n) is 16.6. The molecule has 3 N–H and O–H groups in total. The first kappa shape index (κ1) is 19.9. The van der Waals surface area contributed by atoms with E-state index in [1.807, 2.05) is 37.3 Å². The van der Waals surface area contributed by atoms with Crippen LogP contribution in [0.1, 0.15) is 39.2 Å². The fourth-order valence-electron chi connectivity index (χ4n) is 3.35. The summed E-state index contributed by atoms with van der Waals surface area (Å²) in [6.07, 6.45) is 1.56. The molecule has 1 aromatic carbocycles. The Bertz CT molecular complexity index is 962. The number of nitrogen functional groups attached to an aromatic ring is 1. The van der Waals surface area contributed by atoms with Gasteiger partial charge in [0.15, 0.2) is 5.69 Å². The number of anilines is 2. The number of amides is 1. The molecule has 0 aliphatic heterocycles. The lowest BCUT2D eigenvalue weighted by Crippen LogP contribution is -2.42. The van der Waals surface area contributed by atoms with Gasteiger partial charge in [-0.25, -0.2) is 4.79 Å². The van der Waals surface area contributed by atoms with E-state index in [2.05, 4.69) is 18.8 Å². The highest BCUT2D eigenvalue weighted by Gasteiger charge is 2.42. The number of aromatic amines is 1. The molecular formula is C21H28N4O3. The van der Waals surface area contributed by atoms with Gasteiger partial charge in [0.1, 0.15) is 5.82 Å². The molecule has 0 saturated heterocycles. The smallest absolute Gasteiger partial charge is 0.330 e. The summed E-state index contributed by atoms with van der Waals surface area (Å²) in [4.78, 5) is 41.9. The van der Waals surface area contributed by atoms with Gasteiger partial charge >= 0.3 is 5.69 Å². The maximum atomic E-state index is 13.0. The number of nitrogens with one attached hydrogen (secondary N) is 1. The Kier molecular flexibility index (Phi) is 5.72. The third kappa shape index (κ3) is 4.18. The summed E-state index contributed by atoms with van der Waals surface area (Å²) >= 11 is 0. The minimum Gasteiger partial charge on any atom is -0.383 e. The second-order valence-corrected chi connectivity index (χ2v) is 8.06. The third-order valence-corrected chi connectivity index (χ3v) is 5.29. The van der Waals surface area contributed by atoms with Gasteiger partial charge < -0.3 is 10.6 Å². The van der Waals surface area contributed by atoms with Crippen LogP contribution in [0.3, 0.4) is 0 Å². The van der Waals surface area contributed by atoms with Gasteiger partial charge in [-0.05, 0) is 30.2 Å². The number of nitrogens with two attached hydrogens (primary N) is 1. The number of benzene rings is 1. The van der Waals surface area contributed by atoms with E-state index in [1.54, 1.807) is 0 Å². The van der Waals surface area contributed by atoms with E-state index < -0.39 is 11.2 Å². The summed E-state index contributed by atoms with van der Waals surface area (Å²) in [5.41, 5.74) is 6.05. The SMILES string of the molecule is CC(C)CCN(C(=O)[C@@H]1C[C@@H]1C)c1c(N)n(Cc2ccccc2)c(=O)[nH]c1=O. The second kappa shape index (κ2) is 8.04. The standard InChI is InChI=1S/C21H28N4O3/c1-13(2)9-10-24(20(27)16-11-14(16)3)17-18(22)25(21(28)23-19(17)26)12-15-7-5-4-6-8-15/h4-8,13-14,16H,9-12,22H2,1-3H3,(H,23,26,28)/t14-,16+/m0/s1. The molecule has 0 radical (unpaired) electrons.